The van der Waals surface area contributed by atoms with Crippen molar-refractivity contribution < 1.29 is 80.2 Å². The molecule has 0 saturated heterocycles. The van der Waals surface area contributed by atoms with E-state index < -0.39 is 97.5 Å². The van der Waals surface area contributed by atoms with Crippen molar-refractivity contribution in [2.24, 2.45) is 23.7 Å². The number of rotatable bonds is 69. The van der Waals surface area contributed by atoms with Gasteiger partial charge in [-0.1, -0.05) is 306 Å². The molecule has 0 radical (unpaired) electrons. The standard InChI is InChI=1S/C72H140O17P2/c1-62(2)48-40-32-24-18-14-11-9-10-12-16-20-27-36-44-52-69(74)82-58-67(89-72(77)55-47-39-29-23-22-26-34-42-50-64(5)6)60-86-90(78,79)84-56-66(73)57-85-91(80,81)87-61-68(59-83-70(75)53-45-37-31-30-35-43-51-65(7)8)88-71(76)54-46-38-28-21-17-13-15-19-25-33-41-49-63(3)4/h62-68,73H,9-61H2,1-8H3,(H,78,79)(H,80,81)/t66-,67-,68-/m1/s1. The maximum atomic E-state index is 13.0. The van der Waals surface area contributed by atoms with Crippen LogP contribution >= 0.6 is 15.6 Å². The first-order chi connectivity index (χ1) is 43.6. The summed E-state index contributed by atoms with van der Waals surface area (Å²) in [5, 5.41) is 10.6. The summed E-state index contributed by atoms with van der Waals surface area (Å²) >= 11 is 0. The van der Waals surface area contributed by atoms with Gasteiger partial charge in [0.15, 0.2) is 12.2 Å². The molecule has 0 bridgehead atoms. The second-order valence-corrected chi connectivity index (χ2v) is 30.8. The zero-order valence-electron chi connectivity index (χ0n) is 59.5. The lowest BCUT2D eigenvalue weighted by atomic mass is 10.0. The molecule has 17 nitrogen and oxygen atoms in total. The minimum atomic E-state index is -4.95. The molecular weight excluding hydrogens is 1200 g/mol. The maximum absolute atomic E-state index is 13.0. The Labute approximate surface area is 556 Å². The van der Waals surface area contributed by atoms with Crippen molar-refractivity contribution in [1.82, 2.24) is 0 Å². The molecule has 0 aliphatic heterocycles. The van der Waals surface area contributed by atoms with Crippen molar-refractivity contribution in [3.63, 3.8) is 0 Å². The van der Waals surface area contributed by atoms with E-state index in [1.54, 1.807) is 0 Å². The van der Waals surface area contributed by atoms with E-state index in [-0.39, 0.29) is 25.7 Å². The quantitative estimate of drug-likeness (QED) is 0.0222. The van der Waals surface area contributed by atoms with Gasteiger partial charge in [-0.05, 0) is 49.4 Å². The highest BCUT2D eigenvalue weighted by molar-refractivity contribution is 7.47. The van der Waals surface area contributed by atoms with Crippen LogP contribution in [0.1, 0.15) is 357 Å². The molecule has 0 amide bonds. The van der Waals surface area contributed by atoms with E-state index in [0.717, 1.165) is 114 Å². The molecule has 0 aliphatic carbocycles. The molecule has 91 heavy (non-hydrogen) atoms. The fourth-order valence-corrected chi connectivity index (χ4v) is 12.4. The van der Waals surface area contributed by atoms with Crippen molar-refractivity contribution in [3.05, 3.63) is 0 Å². The lowest BCUT2D eigenvalue weighted by Gasteiger charge is -2.21. The highest BCUT2D eigenvalue weighted by Crippen LogP contribution is 2.45. The predicted octanol–water partition coefficient (Wildman–Crippen LogP) is 20.5. The van der Waals surface area contributed by atoms with E-state index >= 15 is 0 Å². The number of aliphatic hydroxyl groups excluding tert-OH is 1. The molecule has 2 unspecified atom stereocenters. The second-order valence-electron chi connectivity index (χ2n) is 27.9. The molecule has 0 aromatic carbocycles. The highest BCUT2D eigenvalue weighted by atomic mass is 31.2. The molecule has 0 saturated carbocycles. The number of phosphoric ester groups is 2. The number of unbranched alkanes of at least 4 members (excludes halogenated alkanes) is 35. The Morgan fingerprint density at radius 3 is 0.681 bits per heavy atom. The summed E-state index contributed by atoms with van der Waals surface area (Å²) < 4.78 is 68.3. The third-order valence-electron chi connectivity index (χ3n) is 16.6. The number of carbonyl (C=O) groups excluding carboxylic acids is 4. The molecule has 0 spiro atoms. The Morgan fingerprint density at radius 2 is 0.462 bits per heavy atom. The van der Waals surface area contributed by atoms with Crippen molar-refractivity contribution in [2.45, 2.75) is 375 Å². The van der Waals surface area contributed by atoms with Crippen LogP contribution in [0.15, 0.2) is 0 Å². The van der Waals surface area contributed by atoms with Crippen molar-refractivity contribution in [3.8, 4) is 0 Å². The number of hydrogen-bond donors (Lipinski definition) is 3. The predicted molar refractivity (Wildman–Crippen MR) is 367 cm³/mol. The van der Waals surface area contributed by atoms with Crippen LogP contribution in [0.3, 0.4) is 0 Å². The minimum Gasteiger partial charge on any atom is -0.462 e. The number of carbonyl (C=O) groups is 4. The molecular formula is C72H140O17P2. The monoisotopic (exact) mass is 1340 g/mol. The largest absolute Gasteiger partial charge is 0.472 e. The Kier molecular flexibility index (Phi) is 60.3. The van der Waals surface area contributed by atoms with Crippen molar-refractivity contribution in [1.29, 1.82) is 0 Å². The smallest absolute Gasteiger partial charge is 0.462 e. The van der Waals surface area contributed by atoms with Gasteiger partial charge in [-0.3, -0.25) is 37.3 Å². The van der Waals surface area contributed by atoms with Gasteiger partial charge in [-0.2, -0.15) is 0 Å². The third kappa shape index (κ3) is 66.5. The summed E-state index contributed by atoms with van der Waals surface area (Å²) in [7, 11) is -9.90. The summed E-state index contributed by atoms with van der Waals surface area (Å²) in [6, 6.07) is 0. The van der Waals surface area contributed by atoms with Crippen molar-refractivity contribution >= 4 is 39.5 Å². The Balaban J connectivity index is 5.21. The summed E-state index contributed by atoms with van der Waals surface area (Å²) in [6.45, 7) is 14.1. The molecule has 3 N–H and O–H groups in total. The normalized spacial score (nSPS) is 14.2. The van der Waals surface area contributed by atoms with E-state index in [0.29, 0.717) is 31.6 Å². The van der Waals surface area contributed by atoms with Gasteiger partial charge in [0.2, 0.25) is 0 Å². The summed E-state index contributed by atoms with van der Waals surface area (Å²) in [5.74, 6) is 0.833. The molecule has 5 atom stereocenters. The summed E-state index contributed by atoms with van der Waals surface area (Å²) in [5.41, 5.74) is 0. The van der Waals surface area contributed by atoms with Gasteiger partial charge in [0.25, 0.3) is 0 Å². The first kappa shape index (κ1) is 89.1. The molecule has 0 aromatic rings. The van der Waals surface area contributed by atoms with Gasteiger partial charge in [0, 0.05) is 25.7 Å². The van der Waals surface area contributed by atoms with E-state index in [9.17, 15) is 43.2 Å². The van der Waals surface area contributed by atoms with Crippen molar-refractivity contribution in [2.75, 3.05) is 39.6 Å². The Hall–Kier alpha value is -1.94. The average Bonchev–Trinajstić information content (AvgIpc) is 1.96. The number of ether oxygens (including phenoxy) is 4. The van der Waals surface area contributed by atoms with E-state index in [4.69, 9.17) is 37.0 Å². The maximum Gasteiger partial charge on any atom is 0.472 e. The van der Waals surface area contributed by atoms with Crippen LogP contribution in [0.5, 0.6) is 0 Å². The Morgan fingerprint density at radius 1 is 0.275 bits per heavy atom. The zero-order valence-corrected chi connectivity index (χ0v) is 61.3. The van der Waals surface area contributed by atoms with Gasteiger partial charge >= 0.3 is 39.5 Å². The van der Waals surface area contributed by atoms with Gasteiger partial charge in [0.05, 0.1) is 26.4 Å². The fourth-order valence-electron chi connectivity index (χ4n) is 10.8. The number of aliphatic hydroxyl groups is 1. The SMILES string of the molecule is CC(C)CCCCCCCCCCCCCCCCC(=O)OC[C@H](COP(=O)(O)OC[C@@H](O)COP(=O)(O)OC[C@@H](COC(=O)CCCCCCCCC(C)C)OC(=O)CCCCCCCCCCCCCC(C)C)OC(=O)CCCCCCCCCCC(C)C. The first-order valence-electron chi connectivity index (χ1n) is 37.2. The van der Waals surface area contributed by atoms with Gasteiger partial charge < -0.3 is 33.8 Å². The van der Waals surface area contributed by atoms with Crippen LogP contribution in [-0.4, -0.2) is 96.7 Å². The number of hydrogen-bond acceptors (Lipinski definition) is 15. The molecule has 19 heteroatoms. The number of phosphoric acid groups is 2. The Bertz CT molecular complexity index is 1800. The van der Waals surface area contributed by atoms with E-state index in [1.807, 2.05) is 0 Å². The molecule has 0 fully saturated rings. The van der Waals surface area contributed by atoms with Crippen LogP contribution in [0, 0.1) is 23.7 Å². The second kappa shape index (κ2) is 61.6. The van der Waals surface area contributed by atoms with Crippen LogP contribution < -0.4 is 0 Å². The lowest BCUT2D eigenvalue weighted by molar-refractivity contribution is -0.161. The topological polar surface area (TPSA) is 237 Å². The molecule has 0 heterocycles. The molecule has 0 aromatic heterocycles. The van der Waals surface area contributed by atoms with Gasteiger partial charge in [-0.15, -0.1) is 0 Å². The number of esters is 4. The van der Waals surface area contributed by atoms with Crippen LogP contribution in [0.25, 0.3) is 0 Å². The summed E-state index contributed by atoms with van der Waals surface area (Å²) in [4.78, 5) is 72.6. The third-order valence-corrected chi connectivity index (χ3v) is 18.5. The first-order valence-corrected chi connectivity index (χ1v) is 40.2. The molecule has 540 valence electrons. The average molecular weight is 1340 g/mol. The van der Waals surface area contributed by atoms with Gasteiger partial charge in [0.1, 0.15) is 19.3 Å². The van der Waals surface area contributed by atoms with Gasteiger partial charge in [-0.25, -0.2) is 9.13 Å². The molecule has 0 rings (SSSR count). The van der Waals surface area contributed by atoms with Crippen LogP contribution in [0.2, 0.25) is 0 Å². The van der Waals surface area contributed by atoms with Crippen LogP contribution in [-0.2, 0) is 65.4 Å². The fraction of sp³-hybridized carbons (Fsp3) is 0.944. The summed E-state index contributed by atoms with van der Waals surface area (Å²) in [6.07, 6.45) is 44.6. The highest BCUT2D eigenvalue weighted by Gasteiger charge is 2.30. The minimum absolute atomic E-state index is 0.104. The van der Waals surface area contributed by atoms with E-state index in [2.05, 4.69) is 55.4 Å². The van der Waals surface area contributed by atoms with Crippen LogP contribution in [0.4, 0.5) is 0 Å². The zero-order chi connectivity index (χ0) is 67.5. The van der Waals surface area contributed by atoms with E-state index in [1.165, 1.54) is 154 Å². The molecule has 0 aliphatic rings. The lowest BCUT2D eigenvalue weighted by Crippen LogP contribution is -2.30.